The summed E-state index contributed by atoms with van der Waals surface area (Å²) in [4.78, 5) is 26.4. The van der Waals surface area contributed by atoms with Crippen molar-refractivity contribution in [3.63, 3.8) is 0 Å². The molecule has 32 heavy (non-hydrogen) atoms. The summed E-state index contributed by atoms with van der Waals surface area (Å²) in [6, 6.07) is 26.2. The van der Waals surface area contributed by atoms with E-state index in [0.29, 0.717) is 16.7 Å². The largest absolute Gasteiger partial charge is 0.372 e. The number of carbonyl (C=O) groups excluding carboxylic acids is 2. The maximum Gasteiger partial charge on any atom is 0.279 e. The molecule has 0 spiro atoms. The van der Waals surface area contributed by atoms with Crippen LogP contribution in [0.2, 0.25) is 0 Å². The lowest BCUT2D eigenvalue weighted by atomic mass is 9.85. The molecular formula is C25H21N3O3S. The second-order valence-electron chi connectivity index (χ2n) is 7.46. The Balaban J connectivity index is 1.70. The molecule has 3 aromatic rings. The summed E-state index contributed by atoms with van der Waals surface area (Å²) in [6.07, 6.45) is 0. The van der Waals surface area contributed by atoms with Crippen molar-refractivity contribution in [2.75, 3.05) is 0 Å². The van der Waals surface area contributed by atoms with Crippen LogP contribution in [0.5, 0.6) is 0 Å². The molecule has 0 bridgehead atoms. The summed E-state index contributed by atoms with van der Waals surface area (Å²) in [5, 5.41) is 21.1. The van der Waals surface area contributed by atoms with Crippen LogP contribution < -0.4 is 5.43 Å². The van der Waals surface area contributed by atoms with E-state index in [-0.39, 0.29) is 11.2 Å². The lowest BCUT2D eigenvalue weighted by Gasteiger charge is -2.32. The zero-order chi connectivity index (χ0) is 22.7. The molecule has 6 nitrogen and oxygen atoms in total. The average molecular weight is 444 g/mol. The Morgan fingerprint density at radius 2 is 1.53 bits per heavy atom. The van der Waals surface area contributed by atoms with Gasteiger partial charge in [-0.3, -0.25) is 15.0 Å². The highest BCUT2D eigenvalue weighted by atomic mass is 32.2. The molecule has 2 atom stereocenters. The molecule has 1 heterocycles. The molecule has 2 amide bonds. The predicted molar refractivity (Wildman–Crippen MR) is 122 cm³/mol. The number of nitrogens with one attached hydrogen (secondary N) is 1. The number of hydrogen-bond acceptors (Lipinski definition) is 5. The molecule has 2 N–H and O–H groups in total. The van der Waals surface area contributed by atoms with Crippen molar-refractivity contribution in [2.45, 2.75) is 23.1 Å². The molecule has 2 unspecified atom stereocenters. The molecule has 4 rings (SSSR count). The summed E-state index contributed by atoms with van der Waals surface area (Å²) >= 11 is 1.39. The van der Waals surface area contributed by atoms with Gasteiger partial charge in [-0.05, 0) is 35.7 Å². The van der Waals surface area contributed by atoms with Crippen LogP contribution in [0.1, 0.15) is 34.6 Å². The normalized spacial score (nSPS) is 18.3. The quantitative estimate of drug-likeness (QED) is 0.630. The Labute approximate surface area is 190 Å². The number of benzene rings is 3. The lowest BCUT2D eigenvalue weighted by molar-refractivity contribution is -0.149. The van der Waals surface area contributed by atoms with Gasteiger partial charge in [-0.15, -0.1) is 11.8 Å². The summed E-state index contributed by atoms with van der Waals surface area (Å²) in [5.74, 6) is -0.988. The van der Waals surface area contributed by atoms with E-state index in [1.165, 1.54) is 16.8 Å². The fourth-order valence-corrected chi connectivity index (χ4v) is 4.87. The van der Waals surface area contributed by atoms with Gasteiger partial charge in [0, 0.05) is 0 Å². The Morgan fingerprint density at radius 1 is 1.00 bits per heavy atom. The van der Waals surface area contributed by atoms with Gasteiger partial charge in [-0.2, -0.15) is 5.26 Å². The Hall–Kier alpha value is -3.60. The molecule has 1 fully saturated rings. The fraction of sp³-hybridized carbons (Fsp3) is 0.160. The molecule has 0 aromatic heterocycles. The van der Waals surface area contributed by atoms with Crippen LogP contribution in [0.4, 0.5) is 0 Å². The van der Waals surface area contributed by atoms with E-state index < -0.39 is 16.9 Å². The molecule has 160 valence electrons. The van der Waals surface area contributed by atoms with Crippen LogP contribution in [-0.2, 0) is 15.2 Å². The highest BCUT2D eigenvalue weighted by Crippen LogP contribution is 2.42. The van der Waals surface area contributed by atoms with E-state index in [4.69, 9.17) is 5.26 Å². The summed E-state index contributed by atoms with van der Waals surface area (Å²) in [5.41, 5.74) is 2.76. The summed E-state index contributed by atoms with van der Waals surface area (Å²) in [7, 11) is 0. The topological polar surface area (TPSA) is 93.4 Å². The van der Waals surface area contributed by atoms with Gasteiger partial charge in [0.2, 0.25) is 0 Å². The third kappa shape index (κ3) is 3.86. The minimum atomic E-state index is -1.99. The van der Waals surface area contributed by atoms with Crippen molar-refractivity contribution in [1.82, 2.24) is 10.4 Å². The van der Waals surface area contributed by atoms with Gasteiger partial charge in [0.15, 0.2) is 5.60 Å². The van der Waals surface area contributed by atoms with Gasteiger partial charge in [0.25, 0.3) is 11.8 Å². The fourth-order valence-electron chi connectivity index (χ4n) is 3.67. The standard InChI is InChI=1S/C25H21N3O3S/c1-17-22(29)28(23(32-17)19-14-12-18(16-26)13-15-19)27-24(30)25(31,20-8-4-2-5-9-20)21-10-6-3-7-11-21/h2-15,17,23,31H,1H3,(H,27,30). The molecule has 1 aliphatic heterocycles. The van der Waals surface area contributed by atoms with Crippen molar-refractivity contribution in [1.29, 1.82) is 5.26 Å². The maximum absolute atomic E-state index is 13.5. The SMILES string of the molecule is CC1SC(c2ccc(C#N)cc2)N(NC(=O)C(O)(c2ccccc2)c2ccccc2)C1=O. The van der Waals surface area contributed by atoms with Crippen LogP contribution in [0.3, 0.4) is 0 Å². The van der Waals surface area contributed by atoms with Crippen LogP contribution in [-0.4, -0.2) is 27.2 Å². The van der Waals surface area contributed by atoms with Crippen molar-refractivity contribution in [3.8, 4) is 6.07 Å². The first kappa shape index (κ1) is 21.6. The minimum Gasteiger partial charge on any atom is -0.372 e. The number of hydrogen-bond donors (Lipinski definition) is 2. The molecule has 0 saturated carbocycles. The highest BCUT2D eigenvalue weighted by molar-refractivity contribution is 8.01. The molecule has 0 aliphatic carbocycles. The van der Waals surface area contributed by atoms with Gasteiger partial charge in [0.05, 0.1) is 16.9 Å². The van der Waals surface area contributed by atoms with Crippen molar-refractivity contribution >= 4 is 23.6 Å². The molecule has 1 aliphatic rings. The van der Waals surface area contributed by atoms with Crippen molar-refractivity contribution in [2.24, 2.45) is 0 Å². The molecule has 7 heteroatoms. The predicted octanol–water partition coefficient (Wildman–Crippen LogP) is 3.49. The summed E-state index contributed by atoms with van der Waals surface area (Å²) < 4.78 is 0. The van der Waals surface area contributed by atoms with Gasteiger partial charge in [0.1, 0.15) is 5.37 Å². The van der Waals surface area contributed by atoms with Gasteiger partial charge in [-0.25, -0.2) is 5.01 Å². The van der Waals surface area contributed by atoms with Crippen molar-refractivity contribution in [3.05, 3.63) is 107 Å². The third-order valence-electron chi connectivity index (χ3n) is 5.41. The number of nitriles is 1. The van der Waals surface area contributed by atoms with E-state index in [0.717, 1.165) is 5.56 Å². The number of nitrogens with zero attached hydrogens (tertiary/aromatic N) is 2. The summed E-state index contributed by atoms with van der Waals surface area (Å²) in [6.45, 7) is 1.77. The van der Waals surface area contributed by atoms with E-state index in [1.54, 1.807) is 91.9 Å². The Kier molecular flexibility index (Phi) is 5.99. The number of aliphatic hydroxyl groups is 1. The molecule has 1 saturated heterocycles. The van der Waals surface area contributed by atoms with Gasteiger partial charge in [-0.1, -0.05) is 72.8 Å². The number of carbonyl (C=O) groups is 2. The second-order valence-corrected chi connectivity index (χ2v) is 8.88. The zero-order valence-corrected chi connectivity index (χ0v) is 18.1. The highest BCUT2D eigenvalue weighted by Gasteiger charge is 2.45. The number of hydrazine groups is 1. The number of rotatable bonds is 5. The first-order valence-electron chi connectivity index (χ1n) is 10.1. The van der Waals surface area contributed by atoms with Gasteiger partial charge >= 0.3 is 0 Å². The molecule has 0 radical (unpaired) electrons. The first-order valence-corrected chi connectivity index (χ1v) is 11.0. The first-order chi connectivity index (χ1) is 15.4. The Morgan fingerprint density at radius 3 is 2.03 bits per heavy atom. The van der Waals surface area contributed by atoms with Crippen LogP contribution >= 0.6 is 11.8 Å². The smallest absolute Gasteiger partial charge is 0.279 e. The van der Waals surface area contributed by atoms with E-state index in [2.05, 4.69) is 11.5 Å². The van der Waals surface area contributed by atoms with E-state index in [1.807, 2.05) is 0 Å². The third-order valence-corrected chi connectivity index (χ3v) is 6.76. The minimum absolute atomic E-state index is 0.263. The number of thioether (sulfide) groups is 1. The maximum atomic E-state index is 13.5. The van der Waals surface area contributed by atoms with Crippen LogP contribution in [0.25, 0.3) is 0 Å². The molecular weight excluding hydrogens is 422 g/mol. The Bertz CT molecular complexity index is 1120. The van der Waals surface area contributed by atoms with Crippen LogP contribution in [0.15, 0.2) is 84.9 Å². The van der Waals surface area contributed by atoms with Crippen LogP contribution in [0, 0.1) is 11.3 Å². The average Bonchev–Trinajstić information content (AvgIpc) is 3.13. The number of amides is 2. The second kappa shape index (κ2) is 8.87. The lowest BCUT2D eigenvalue weighted by Crippen LogP contribution is -2.53. The van der Waals surface area contributed by atoms with E-state index >= 15 is 0 Å². The van der Waals surface area contributed by atoms with E-state index in [9.17, 15) is 14.7 Å². The van der Waals surface area contributed by atoms with Gasteiger partial charge < -0.3 is 5.11 Å². The monoisotopic (exact) mass is 443 g/mol. The zero-order valence-electron chi connectivity index (χ0n) is 17.3. The molecule has 3 aromatic carbocycles. The van der Waals surface area contributed by atoms with Crippen molar-refractivity contribution < 1.29 is 14.7 Å².